The molecule has 7 nitrogen and oxygen atoms in total. The van der Waals surface area contributed by atoms with E-state index in [9.17, 15) is 4.79 Å². The van der Waals surface area contributed by atoms with E-state index >= 15 is 0 Å². The van der Waals surface area contributed by atoms with Crippen molar-refractivity contribution in [1.29, 1.82) is 0 Å². The molecule has 0 aromatic carbocycles. The first-order chi connectivity index (χ1) is 7.27. The first-order valence-corrected chi connectivity index (χ1v) is 4.66. The molecular formula is C7H5N5O2S. The summed E-state index contributed by atoms with van der Waals surface area (Å²) in [5, 5.41) is 15.8. The van der Waals surface area contributed by atoms with Gasteiger partial charge >= 0.3 is 5.97 Å². The summed E-state index contributed by atoms with van der Waals surface area (Å²) in [6.45, 7) is 0. The lowest BCUT2D eigenvalue weighted by Crippen LogP contribution is -2.03. The van der Waals surface area contributed by atoms with Gasteiger partial charge in [-0.05, 0) is 11.8 Å². The monoisotopic (exact) mass is 223 g/mol. The highest BCUT2D eigenvalue weighted by Gasteiger charge is 2.14. The highest BCUT2D eigenvalue weighted by Crippen LogP contribution is 2.23. The Morgan fingerprint density at radius 3 is 2.80 bits per heavy atom. The summed E-state index contributed by atoms with van der Waals surface area (Å²) in [6, 6.07) is 0. The number of nitrogens with zero attached hydrogens (tertiary/aromatic N) is 4. The lowest BCUT2D eigenvalue weighted by molar-refractivity contribution is 0.0685. The van der Waals surface area contributed by atoms with Crippen LogP contribution in [0.5, 0.6) is 0 Å². The van der Waals surface area contributed by atoms with E-state index in [1.54, 1.807) is 0 Å². The molecule has 0 aliphatic heterocycles. The number of aromatic carboxylic acids is 1. The van der Waals surface area contributed by atoms with Gasteiger partial charge in [0.15, 0.2) is 10.9 Å². The maximum atomic E-state index is 10.8. The number of hydrogen-bond acceptors (Lipinski definition) is 6. The molecule has 2 heterocycles. The molecule has 76 valence electrons. The Labute approximate surface area is 88.0 Å². The van der Waals surface area contributed by atoms with Gasteiger partial charge < -0.3 is 5.11 Å². The number of aromatic amines is 1. The molecule has 0 aliphatic carbocycles. The van der Waals surface area contributed by atoms with Crippen molar-refractivity contribution in [1.82, 2.24) is 25.1 Å². The van der Waals surface area contributed by atoms with Gasteiger partial charge in [-0.15, -0.1) is 0 Å². The van der Waals surface area contributed by atoms with Crippen LogP contribution in [0, 0.1) is 0 Å². The molecule has 0 saturated carbocycles. The molecule has 0 bridgehead atoms. The highest BCUT2D eigenvalue weighted by molar-refractivity contribution is 7.99. The second kappa shape index (κ2) is 4.05. The zero-order valence-electron chi connectivity index (χ0n) is 7.28. The summed E-state index contributed by atoms with van der Waals surface area (Å²) >= 11 is 1.07. The van der Waals surface area contributed by atoms with Crippen molar-refractivity contribution in [3.8, 4) is 0 Å². The van der Waals surface area contributed by atoms with Crippen molar-refractivity contribution in [3.63, 3.8) is 0 Å². The van der Waals surface area contributed by atoms with Crippen LogP contribution in [0.4, 0.5) is 0 Å². The van der Waals surface area contributed by atoms with Crippen molar-refractivity contribution in [2.24, 2.45) is 0 Å². The third-order valence-electron chi connectivity index (χ3n) is 1.45. The molecule has 0 saturated heterocycles. The third-order valence-corrected chi connectivity index (χ3v) is 2.34. The van der Waals surface area contributed by atoms with Crippen LogP contribution in [-0.2, 0) is 0 Å². The predicted molar refractivity (Wildman–Crippen MR) is 49.5 cm³/mol. The Kier molecular flexibility index (Phi) is 2.59. The summed E-state index contributed by atoms with van der Waals surface area (Å²) in [5.74, 6) is -1.12. The number of carboxylic acids is 1. The topological polar surface area (TPSA) is 105 Å². The van der Waals surface area contributed by atoms with Crippen LogP contribution in [0.1, 0.15) is 10.5 Å². The lowest BCUT2D eigenvalue weighted by atomic mass is 10.5. The number of carboxylic acid groups (broad SMARTS) is 1. The van der Waals surface area contributed by atoms with Crippen LogP contribution in [0.15, 0.2) is 28.9 Å². The van der Waals surface area contributed by atoms with Gasteiger partial charge in [0.05, 0.1) is 0 Å². The molecule has 2 aromatic rings. The van der Waals surface area contributed by atoms with E-state index in [0.29, 0.717) is 5.16 Å². The van der Waals surface area contributed by atoms with Crippen molar-refractivity contribution in [2.75, 3.05) is 0 Å². The first-order valence-electron chi connectivity index (χ1n) is 3.85. The largest absolute Gasteiger partial charge is 0.476 e. The van der Waals surface area contributed by atoms with Crippen molar-refractivity contribution in [3.05, 3.63) is 24.4 Å². The van der Waals surface area contributed by atoms with E-state index in [2.05, 4.69) is 25.1 Å². The maximum absolute atomic E-state index is 10.8. The van der Waals surface area contributed by atoms with Gasteiger partial charge in [0.2, 0.25) is 0 Å². The average molecular weight is 223 g/mol. The SMILES string of the molecule is O=C(O)c1nccnc1Sc1ncn[nH]1. The van der Waals surface area contributed by atoms with E-state index < -0.39 is 5.97 Å². The van der Waals surface area contributed by atoms with E-state index in [4.69, 9.17) is 5.11 Å². The Morgan fingerprint density at radius 1 is 1.33 bits per heavy atom. The van der Waals surface area contributed by atoms with E-state index in [1.165, 1.54) is 18.7 Å². The van der Waals surface area contributed by atoms with Gasteiger partial charge in [0.25, 0.3) is 0 Å². The van der Waals surface area contributed by atoms with Crippen LogP contribution >= 0.6 is 11.8 Å². The van der Waals surface area contributed by atoms with E-state index in [-0.39, 0.29) is 10.7 Å². The Hall–Kier alpha value is -1.96. The second-order valence-electron chi connectivity index (χ2n) is 2.41. The molecule has 0 aliphatic rings. The van der Waals surface area contributed by atoms with Crippen LogP contribution in [0.2, 0.25) is 0 Å². The number of nitrogens with one attached hydrogen (secondary N) is 1. The summed E-state index contributed by atoms with van der Waals surface area (Å²) in [7, 11) is 0. The standard InChI is InChI=1S/C7H5N5O2S/c13-6(14)4-5(9-2-1-8-4)15-7-10-3-11-12-7/h1-3H,(H,13,14)(H,10,11,12). The minimum Gasteiger partial charge on any atom is -0.476 e. The Morgan fingerprint density at radius 2 is 2.13 bits per heavy atom. The fourth-order valence-corrected chi connectivity index (χ4v) is 1.61. The molecule has 0 amide bonds. The smallest absolute Gasteiger partial charge is 0.357 e. The summed E-state index contributed by atoms with van der Waals surface area (Å²) in [4.78, 5) is 22.3. The molecule has 0 fully saturated rings. The predicted octanol–water partition coefficient (Wildman–Crippen LogP) is 0.444. The highest BCUT2D eigenvalue weighted by atomic mass is 32.2. The van der Waals surface area contributed by atoms with Crippen molar-refractivity contribution >= 4 is 17.7 Å². The number of aromatic nitrogens is 5. The van der Waals surface area contributed by atoms with Crippen LogP contribution in [0.3, 0.4) is 0 Å². The fraction of sp³-hybridized carbons (Fsp3) is 0. The van der Waals surface area contributed by atoms with Gasteiger partial charge in [-0.2, -0.15) is 5.10 Å². The molecule has 2 rings (SSSR count). The first kappa shape index (κ1) is 9.59. The molecule has 0 unspecified atom stereocenters. The molecule has 2 aromatic heterocycles. The second-order valence-corrected chi connectivity index (χ2v) is 3.39. The molecule has 8 heteroatoms. The summed E-state index contributed by atoms with van der Waals surface area (Å²) in [5.41, 5.74) is -0.0982. The molecule has 2 N–H and O–H groups in total. The third kappa shape index (κ3) is 2.10. The van der Waals surface area contributed by atoms with Gasteiger partial charge in [0, 0.05) is 12.4 Å². The van der Waals surface area contributed by atoms with E-state index in [0.717, 1.165) is 11.8 Å². The fourth-order valence-electron chi connectivity index (χ4n) is 0.882. The van der Waals surface area contributed by atoms with Crippen LogP contribution < -0.4 is 0 Å². The van der Waals surface area contributed by atoms with Crippen molar-refractivity contribution in [2.45, 2.75) is 10.2 Å². The van der Waals surface area contributed by atoms with Gasteiger partial charge in [-0.3, -0.25) is 5.10 Å². The van der Waals surface area contributed by atoms with Crippen LogP contribution in [0.25, 0.3) is 0 Å². The number of carbonyl (C=O) groups is 1. The molecule has 0 atom stereocenters. The number of hydrogen-bond donors (Lipinski definition) is 2. The molecular weight excluding hydrogens is 218 g/mol. The molecule has 15 heavy (non-hydrogen) atoms. The summed E-state index contributed by atoms with van der Waals surface area (Å²) < 4.78 is 0. The van der Waals surface area contributed by atoms with Gasteiger partial charge in [-0.1, -0.05) is 0 Å². The zero-order chi connectivity index (χ0) is 10.7. The maximum Gasteiger partial charge on any atom is 0.357 e. The normalized spacial score (nSPS) is 10.1. The van der Waals surface area contributed by atoms with Crippen molar-refractivity contribution < 1.29 is 9.90 Å². The quantitative estimate of drug-likeness (QED) is 0.777. The molecule has 0 spiro atoms. The average Bonchev–Trinajstić information content (AvgIpc) is 2.71. The number of H-pyrrole nitrogens is 1. The van der Waals surface area contributed by atoms with Gasteiger partial charge in [0.1, 0.15) is 11.4 Å². The minimum absolute atomic E-state index is 0.0982. The Balaban J connectivity index is 2.32. The summed E-state index contributed by atoms with van der Waals surface area (Å²) in [6.07, 6.45) is 4.08. The minimum atomic E-state index is -1.12. The zero-order valence-corrected chi connectivity index (χ0v) is 8.10. The lowest BCUT2D eigenvalue weighted by Gasteiger charge is -1.99. The van der Waals surface area contributed by atoms with E-state index in [1.807, 2.05) is 0 Å². The van der Waals surface area contributed by atoms with Crippen LogP contribution in [-0.4, -0.2) is 36.2 Å². The number of rotatable bonds is 3. The van der Waals surface area contributed by atoms with Gasteiger partial charge in [-0.25, -0.2) is 19.7 Å². The Bertz CT molecular complexity index is 472. The molecule has 0 radical (unpaired) electrons.